The third kappa shape index (κ3) is 5.40. The summed E-state index contributed by atoms with van der Waals surface area (Å²) in [5.74, 6) is 1.39. The van der Waals surface area contributed by atoms with E-state index in [-0.39, 0.29) is 30.2 Å². The zero-order chi connectivity index (χ0) is 18.6. The van der Waals surface area contributed by atoms with E-state index in [9.17, 15) is 9.59 Å². The molecule has 0 unspecified atom stereocenters. The van der Waals surface area contributed by atoms with Crippen LogP contribution in [0.5, 0.6) is 0 Å². The van der Waals surface area contributed by atoms with Gasteiger partial charge >= 0.3 is 0 Å². The first-order valence-electron chi connectivity index (χ1n) is 7.95. The fraction of sp³-hybridized carbons (Fsp3) is 0.562. The SMILES string of the molecule is Cc1cc(NC(=O)CN(C)C(=O)CCc2nc(C(C)(C)C)no2)no1. The van der Waals surface area contributed by atoms with Crippen LogP contribution in [-0.2, 0) is 21.4 Å². The Kier molecular flexibility index (Phi) is 5.55. The van der Waals surface area contributed by atoms with Crippen molar-refractivity contribution in [3.8, 4) is 0 Å². The summed E-state index contributed by atoms with van der Waals surface area (Å²) in [5.41, 5.74) is -0.208. The molecule has 9 nitrogen and oxygen atoms in total. The number of carbonyl (C=O) groups excluding carboxylic acids is 2. The third-order valence-electron chi connectivity index (χ3n) is 3.39. The Morgan fingerprint density at radius 1 is 1.24 bits per heavy atom. The highest BCUT2D eigenvalue weighted by atomic mass is 16.5. The molecule has 2 rings (SSSR count). The number of aromatic nitrogens is 3. The summed E-state index contributed by atoms with van der Waals surface area (Å²) in [5, 5.41) is 10.1. The van der Waals surface area contributed by atoms with Gasteiger partial charge in [0.05, 0.1) is 6.54 Å². The second kappa shape index (κ2) is 7.45. The predicted molar refractivity (Wildman–Crippen MR) is 88.8 cm³/mol. The van der Waals surface area contributed by atoms with Crippen molar-refractivity contribution in [1.82, 2.24) is 20.2 Å². The molecule has 0 radical (unpaired) electrons. The number of amides is 2. The summed E-state index contributed by atoms with van der Waals surface area (Å²) in [6.45, 7) is 7.59. The van der Waals surface area contributed by atoms with Gasteiger partial charge in [0.25, 0.3) is 0 Å². The number of rotatable bonds is 6. The molecule has 0 bridgehead atoms. The number of anilines is 1. The van der Waals surface area contributed by atoms with E-state index in [1.165, 1.54) is 4.90 Å². The van der Waals surface area contributed by atoms with Crippen LogP contribution in [-0.4, -0.2) is 45.6 Å². The largest absolute Gasteiger partial charge is 0.360 e. The maximum absolute atomic E-state index is 12.1. The van der Waals surface area contributed by atoms with E-state index < -0.39 is 0 Å². The van der Waals surface area contributed by atoms with Crippen LogP contribution in [0.15, 0.2) is 15.1 Å². The molecule has 0 saturated carbocycles. The van der Waals surface area contributed by atoms with Gasteiger partial charge in [-0.3, -0.25) is 9.59 Å². The van der Waals surface area contributed by atoms with E-state index in [2.05, 4.69) is 20.6 Å². The summed E-state index contributed by atoms with van der Waals surface area (Å²) in [6.07, 6.45) is 0.509. The topological polar surface area (TPSA) is 114 Å². The average molecular weight is 349 g/mol. The van der Waals surface area contributed by atoms with Crippen molar-refractivity contribution in [2.24, 2.45) is 0 Å². The lowest BCUT2D eigenvalue weighted by Gasteiger charge is -2.15. The lowest BCUT2D eigenvalue weighted by Crippen LogP contribution is -2.35. The van der Waals surface area contributed by atoms with Gasteiger partial charge in [0.1, 0.15) is 5.76 Å². The van der Waals surface area contributed by atoms with Crippen LogP contribution in [0.25, 0.3) is 0 Å². The Morgan fingerprint density at radius 2 is 1.96 bits per heavy atom. The second-order valence-electron chi connectivity index (χ2n) is 6.88. The molecule has 0 aliphatic rings. The number of hydrogen-bond acceptors (Lipinski definition) is 7. The first-order valence-corrected chi connectivity index (χ1v) is 7.95. The Labute approximate surface area is 145 Å². The Balaban J connectivity index is 1.79. The lowest BCUT2D eigenvalue weighted by molar-refractivity contribution is -0.133. The molecule has 2 heterocycles. The van der Waals surface area contributed by atoms with Crippen LogP contribution in [0, 0.1) is 6.92 Å². The quantitative estimate of drug-likeness (QED) is 0.844. The second-order valence-corrected chi connectivity index (χ2v) is 6.88. The van der Waals surface area contributed by atoms with Crippen molar-refractivity contribution in [3.05, 3.63) is 23.5 Å². The predicted octanol–water partition coefficient (Wildman–Crippen LogP) is 1.69. The Morgan fingerprint density at radius 3 is 2.52 bits per heavy atom. The number of likely N-dealkylation sites (N-methyl/N-ethyl adjacent to an activating group) is 1. The third-order valence-corrected chi connectivity index (χ3v) is 3.39. The minimum Gasteiger partial charge on any atom is -0.360 e. The average Bonchev–Trinajstić information content (AvgIpc) is 3.13. The molecule has 0 fully saturated rings. The van der Waals surface area contributed by atoms with Crippen molar-refractivity contribution in [1.29, 1.82) is 0 Å². The van der Waals surface area contributed by atoms with Gasteiger partial charge < -0.3 is 19.3 Å². The molecule has 2 amide bonds. The van der Waals surface area contributed by atoms with Gasteiger partial charge in [-0.1, -0.05) is 31.1 Å². The van der Waals surface area contributed by atoms with Gasteiger partial charge in [-0.25, -0.2) is 0 Å². The lowest BCUT2D eigenvalue weighted by atomic mass is 9.96. The number of carbonyl (C=O) groups is 2. The van der Waals surface area contributed by atoms with E-state index in [0.717, 1.165) is 0 Å². The fourth-order valence-corrected chi connectivity index (χ4v) is 1.98. The van der Waals surface area contributed by atoms with Crippen LogP contribution in [0.1, 0.15) is 44.7 Å². The molecule has 0 aliphatic carbocycles. The number of nitrogens with zero attached hydrogens (tertiary/aromatic N) is 4. The summed E-state index contributed by atoms with van der Waals surface area (Å²) in [4.78, 5) is 29.7. The minimum absolute atomic E-state index is 0.0815. The molecule has 136 valence electrons. The van der Waals surface area contributed by atoms with Crippen LogP contribution >= 0.6 is 0 Å². The molecule has 0 aliphatic heterocycles. The van der Waals surface area contributed by atoms with E-state index >= 15 is 0 Å². The summed E-state index contributed by atoms with van der Waals surface area (Å²) < 4.78 is 10.0. The molecule has 0 saturated heterocycles. The first-order chi connectivity index (χ1) is 11.6. The molecular formula is C16H23N5O4. The maximum Gasteiger partial charge on any atom is 0.245 e. The highest BCUT2D eigenvalue weighted by Crippen LogP contribution is 2.18. The Hall–Kier alpha value is -2.71. The summed E-state index contributed by atoms with van der Waals surface area (Å²) >= 11 is 0. The molecule has 25 heavy (non-hydrogen) atoms. The van der Waals surface area contributed by atoms with Crippen molar-refractivity contribution >= 4 is 17.6 Å². The van der Waals surface area contributed by atoms with E-state index in [1.54, 1.807) is 20.0 Å². The van der Waals surface area contributed by atoms with Crippen molar-refractivity contribution < 1.29 is 18.6 Å². The van der Waals surface area contributed by atoms with Crippen molar-refractivity contribution in [2.45, 2.75) is 46.0 Å². The highest BCUT2D eigenvalue weighted by molar-refractivity contribution is 5.93. The van der Waals surface area contributed by atoms with Gasteiger partial charge in [0, 0.05) is 31.4 Å². The number of aryl methyl sites for hydroxylation is 2. The molecule has 2 aromatic rings. The molecule has 0 aromatic carbocycles. The Bertz CT molecular complexity index is 744. The van der Waals surface area contributed by atoms with Crippen LogP contribution < -0.4 is 5.32 Å². The van der Waals surface area contributed by atoms with Gasteiger partial charge in [-0.05, 0) is 6.92 Å². The van der Waals surface area contributed by atoms with E-state index in [1.807, 2.05) is 20.8 Å². The normalized spacial score (nSPS) is 11.4. The first kappa shape index (κ1) is 18.6. The summed E-state index contributed by atoms with van der Waals surface area (Å²) in [6, 6.07) is 1.60. The van der Waals surface area contributed by atoms with Crippen LogP contribution in [0.3, 0.4) is 0 Å². The smallest absolute Gasteiger partial charge is 0.245 e. The van der Waals surface area contributed by atoms with Crippen molar-refractivity contribution in [2.75, 3.05) is 18.9 Å². The van der Waals surface area contributed by atoms with Gasteiger partial charge in [0.2, 0.25) is 17.7 Å². The molecule has 0 atom stereocenters. The fourth-order valence-electron chi connectivity index (χ4n) is 1.98. The van der Waals surface area contributed by atoms with E-state index in [0.29, 0.717) is 29.7 Å². The number of hydrogen-bond donors (Lipinski definition) is 1. The van der Waals surface area contributed by atoms with Crippen LogP contribution in [0.4, 0.5) is 5.82 Å². The monoisotopic (exact) mass is 349 g/mol. The van der Waals surface area contributed by atoms with E-state index in [4.69, 9.17) is 9.05 Å². The molecule has 9 heteroatoms. The van der Waals surface area contributed by atoms with Crippen molar-refractivity contribution in [3.63, 3.8) is 0 Å². The molecule has 0 spiro atoms. The maximum atomic E-state index is 12.1. The van der Waals surface area contributed by atoms with Gasteiger partial charge in [-0.15, -0.1) is 0 Å². The van der Waals surface area contributed by atoms with Crippen LogP contribution in [0.2, 0.25) is 0 Å². The molecule has 2 aromatic heterocycles. The van der Waals surface area contributed by atoms with Gasteiger partial charge in [-0.2, -0.15) is 4.98 Å². The highest BCUT2D eigenvalue weighted by Gasteiger charge is 2.21. The molecule has 1 N–H and O–H groups in total. The summed E-state index contributed by atoms with van der Waals surface area (Å²) in [7, 11) is 1.56. The zero-order valence-electron chi connectivity index (χ0n) is 15.1. The number of nitrogens with one attached hydrogen (secondary N) is 1. The van der Waals surface area contributed by atoms with Gasteiger partial charge in [0.15, 0.2) is 11.6 Å². The molecular weight excluding hydrogens is 326 g/mol. The minimum atomic E-state index is -0.350. The standard InChI is InChI=1S/C16H23N5O4/c1-10-8-11(19-24-10)17-12(22)9-21(5)14(23)7-6-13-18-15(20-25-13)16(2,3)4/h8H,6-7,9H2,1-5H3,(H,17,19,22). The zero-order valence-corrected chi connectivity index (χ0v) is 15.1.